The maximum atomic E-state index is 12.2. The van der Waals surface area contributed by atoms with E-state index in [0.717, 1.165) is 32.2 Å². The van der Waals surface area contributed by atoms with Gasteiger partial charge in [0.05, 0.1) is 6.26 Å². The molecule has 1 amide bonds. The predicted molar refractivity (Wildman–Crippen MR) is 104 cm³/mol. The summed E-state index contributed by atoms with van der Waals surface area (Å²) < 4.78 is 5.18. The number of thiazole rings is 1. The molecule has 3 heterocycles. The third-order valence-electron chi connectivity index (χ3n) is 3.93. The Bertz CT molecular complexity index is 1060. The second kappa shape index (κ2) is 6.93. The molecule has 1 aromatic carbocycles. The summed E-state index contributed by atoms with van der Waals surface area (Å²) in [5.74, 6) is 0.417. The van der Waals surface area contributed by atoms with E-state index in [1.54, 1.807) is 30.7 Å². The van der Waals surface area contributed by atoms with E-state index in [1.165, 1.54) is 17.4 Å². The standard InChI is InChI=1S/C20H15N3O2S/c1-13-15(19-23-17-8-3-11-21-20(17)26-19)6-2-7-16(13)22-18(24)10-9-14-5-4-12-25-14/h2-12H,1H3,(H,22,24)/b10-9+. The summed E-state index contributed by atoms with van der Waals surface area (Å²) in [4.78, 5) is 22.1. The van der Waals surface area contributed by atoms with Gasteiger partial charge in [-0.2, -0.15) is 0 Å². The van der Waals surface area contributed by atoms with Gasteiger partial charge < -0.3 is 9.73 Å². The van der Waals surface area contributed by atoms with Gasteiger partial charge in [-0.15, -0.1) is 0 Å². The molecule has 4 rings (SSSR count). The first kappa shape index (κ1) is 16.2. The van der Waals surface area contributed by atoms with Crippen LogP contribution in [0.5, 0.6) is 0 Å². The minimum Gasteiger partial charge on any atom is -0.465 e. The molecule has 0 spiro atoms. The highest BCUT2D eigenvalue weighted by Crippen LogP contribution is 2.33. The fourth-order valence-electron chi connectivity index (χ4n) is 2.61. The van der Waals surface area contributed by atoms with Crippen LogP contribution in [-0.2, 0) is 4.79 Å². The van der Waals surface area contributed by atoms with E-state index in [0.29, 0.717) is 5.76 Å². The molecule has 1 N–H and O–H groups in total. The van der Waals surface area contributed by atoms with Crippen LogP contribution < -0.4 is 5.32 Å². The van der Waals surface area contributed by atoms with Crippen LogP contribution in [0.4, 0.5) is 5.69 Å². The Balaban J connectivity index is 1.60. The Hall–Kier alpha value is -3.25. The summed E-state index contributed by atoms with van der Waals surface area (Å²) in [6.07, 6.45) is 6.41. The topological polar surface area (TPSA) is 68.0 Å². The number of rotatable bonds is 4. The van der Waals surface area contributed by atoms with Gasteiger partial charge >= 0.3 is 0 Å². The lowest BCUT2D eigenvalue weighted by Gasteiger charge is -2.09. The second-order valence-electron chi connectivity index (χ2n) is 5.66. The Morgan fingerprint density at radius 3 is 2.92 bits per heavy atom. The summed E-state index contributed by atoms with van der Waals surface area (Å²) in [7, 11) is 0. The Morgan fingerprint density at radius 2 is 2.12 bits per heavy atom. The molecular formula is C20H15N3O2S. The molecule has 0 unspecified atom stereocenters. The number of fused-ring (bicyclic) bond motifs is 1. The maximum absolute atomic E-state index is 12.2. The quantitative estimate of drug-likeness (QED) is 0.524. The van der Waals surface area contributed by atoms with Gasteiger partial charge in [-0.05, 0) is 48.9 Å². The molecule has 3 aromatic heterocycles. The number of pyridine rings is 1. The predicted octanol–water partition coefficient (Wildman–Crippen LogP) is 4.91. The third-order valence-corrected chi connectivity index (χ3v) is 4.94. The molecule has 0 radical (unpaired) electrons. The van der Waals surface area contributed by atoms with Crippen LogP contribution in [0.3, 0.4) is 0 Å². The van der Waals surface area contributed by atoms with Crippen molar-refractivity contribution >= 4 is 39.4 Å². The van der Waals surface area contributed by atoms with Crippen molar-refractivity contribution in [2.24, 2.45) is 0 Å². The van der Waals surface area contributed by atoms with E-state index in [9.17, 15) is 4.79 Å². The van der Waals surface area contributed by atoms with Gasteiger partial charge in [-0.25, -0.2) is 9.97 Å². The lowest BCUT2D eigenvalue weighted by atomic mass is 10.1. The summed E-state index contributed by atoms with van der Waals surface area (Å²) in [5, 5.41) is 3.80. The van der Waals surface area contributed by atoms with Crippen LogP contribution in [0.1, 0.15) is 11.3 Å². The number of carbonyl (C=O) groups is 1. The van der Waals surface area contributed by atoms with E-state index in [4.69, 9.17) is 4.42 Å². The molecule has 0 aliphatic heterocycles. The molecule has 0 bridgehead atoms. The monoisotopic (exact) mass is 361 g/mol. The Morgan fingerprint density at radius 1 is 1.19 bits per heavy atom. The van der Waals surface area contributed by atoms with Gasteiger partial charge in [0.15, 0.2) is 0 Å². The second-order valence-corrected chi connectivity index (χ2v) is 6.64. The van der Waals surface area contributed by atoms with Crippen LogP contribution in [0, 0.1) is 6.92 Å². The number of hydrogen-bond donors (Lipinski definition) is 1. The molecule has 0 aliphatic carbocycles. The smallest absolute Gasteiger partial charge is 0.248 e. The highest BCUT2D eigenvalue weighted by atomic mass is 32.1. The molecule has 4 aromatic rings. The number of amides is 1. The van der Waals surface area contributed by atoms with Gasteiger partial charge in [0, 0.05) is 23.5 Å². The summed E-state index contributed by atoms with van der Waals surface area (Å²) in [6.45, 7) is 1.97. The SMILES string of the molecule is Cc1c(NC(=O)/C=C/c2ccco2)cccc1-c1nc2cccnc2s1. The first-order valence-corrected chi connectivity index (χ1v) is 8.86. The number of anilines is 1. The van der Waals surface area contributed by atoms with Crippen LogP contribution in [0.25, 0.3) is 27.0 Å². The van der Waals surface area contributed by atoms with Crippen molar-refractivity contribution in [1.29, 1.82) is 0 Å². The van der Waals surface area contributed by atoms with Gasteiger partial charge in [0.1, 0.15) is 21.1 Å². The van der Waals surface area contributed by atoms with E-state index < -0.39 is 0 Å². The minimum absolute atomic E-state index is 0.215. The number of furan rings is 1. The van der Waals surface area contributed by atoms with Gasteiger partial charge in [0.2, 0.25) is 5.91 Å². The average molecular weight is 361 g/mol. The molecule has 0 fully saturated rings. The lowest BCUT2D eigenvalue weighted by Crippen LogP contribution is -2.09. The highest BCUT2D eigenvalue weighted by Gasteiger charge is 2.12. The van der Waals surface area contributed by atoms with E-state index >= 15 is 0 Å². The molecule has 0 saturated heterocycles. The van der Waals surface area contributed by atoms with Crippen molar-refractivity contribution in [3.63, 3.8) is 0 Å². The maximum Gasteiger partial charge on any atom is 0.248 e. The number of hydrogen-bond acceptors (Lipinski definition) is 5. The zero-order valence-electron chi connectivity index (χ0n) is 14.0. The van der Waals surface area contributed by atoms with Gasteiger partial charge in [0.25, 0.3) is 0 Å². The summed E-state index contributed by atoms with van der Waals surface area (Å²) >= 11 is 1.54. The Kier molecular flexibility index (Phi) is 4.33. The fraction of sp³-hybridized carbons (Fsp3) is 0.0500. The number of nitrogens with zero attached hydrogens (tertiary/aromatic N) is 2. The number of benzene rings is 1. The third kappa shape index (κ3) is 3.27. The molecule has 0 aliphatic rings. The van der Waals surface area contributed by atoms with Gasteiger partial charge in [-0.1, -0.05) is 23.5 Å². The van der Waals surface area contributed by atoms with Crippen LogP contribution in [-0.4, -0.2) is 15.9 Å². The molecular weight excluding hydrogens is 346 g/mol. The lowest BCUT2D eigenvalue weighted by molar-refractivity contribution is -0.111. The number of nitrogens with one attached hydrogen (secondary N) is 1. The van der Waals surface area contributed by atoms with Crippen molar-refractivity contribution in [3.05, 3.63) is 72.3 Å². The van der Waals surface area contributed by atoms with Crippen LogP contribution in [0.15, 0.2) is 65.4 Å². The molecule has 128 valence electrons. The van der Waals surface area contributed by atoms with Crippen LogP contribution in [0.2, 0.25) is 0 Å². The van der Waals surface area contributed by atoms with Crippen LogP contribution >= 0.6 is 11.3 Å². The Labute approximate surface area is 154 Å². The van der Waals surface area contributed by atoms with E-state index in [-0.39, 0.29) is 5.91 Å². The molecule has 5 nitrogen and oxygen atoms in total. The first-order chi connectivity index (χ1) is 12.7. The molecule has 0 saturated carbocycles. The molecule has 0 atom stereocenters. The molecule has 6 heteroatoms. The summed E-state index contributed by atoms with van der Waals surface area (Å²) in [5.41, 5.74) is 3.58. The van der Waals surface area contributed by atoms with Crippen molar-refractivity contribution in [2.75, 3.05) is 5.32 Å². The minimum atomic E-state index is -0.215. The van der Waals surface area contributed by atoms with Crippen molar-refractivity contribution in [3.8, 4) is 10.6 Å². The summed E-state index contributed by atoms with van der Waals surface area (Å²) in [6, 6.07) is 13.2. The highest BCUT2D eigenvalue weighted by molar-refractivity contribution is 7.21. The average Bonchev–Trinajstić information content (AvgIpc) is 3.31. The zero-order valence-corrected chi connectivity index (χ0v) is 14.8. The largest absolute Gasteiger partial charge is 0.465 e. The fourth-order valence-corrected chi connectivity index (χ4v) is 3.60. The van der Waals surface area contributed by atoms with Crippen molar-refractivity contribution in [1.82, 2.24) is 9.97 Å². The molecule has 26 heavy (non-hydrogen) atoms. The number of aromatic nitrogens is 2. The van der Waals surface area contributed by atoms with Crippen molar-refractivity contribution < 1.29 is 9.21 Å². The van der Waals surface area contributed by atoms with Gasteiger partial charge in [-0.3, -0.25) is 4.79 Å². The normalized spacial score (nSPS) is 11.3. The van der Waals surface area contributed by atoms with Crippen molar-refractivity contribution in [2.45, 2.75) is 6.92 Å². The van der Waals surface area contributed by atoms with E-state index in [2.05, 4.69) is 15.3 Å². The number of carbonyl (C=O) groups excluding carboxylic acids is 1. The van der Waals surface area contributed by atoms with E-state index in [1.807, 2.05) is 37.3 Å². The first-order valence-electron chi connectivity index (χ1n) is 8.05. The zero-order chi connectivity index (χ0) is 17.9.